The van der Waals surface area contributed by atoms with Gasteiger partial charge in [0, 0.05) is 26.2 Å². The molecule has 0 saturated carbocycles. The Hall–Kier alpha value is -0.870. The second-order valence-corrected chi connectivity index (χ2v) is 3.90. The van der Waals surface area contributed by atoms with Crippen molar-refractivity contribution in [1.82, 2.24) is 10.2 Å². The lowest BCUT2D eigenvalue weighted by Crippen LogP contribution is -2.55. The van der Waals surface area contributed by atoms with Gasteiger partial charge in [-0.15, -0.1) is 0 Å². The van der Waals surface area contributed by atoms with Gasteiger partial charge in [0.2, 0.25) is 0 Å². The second-order valence-electron chi connectivity index (χ2n) is 3.90. The Bertz CT molecular complexity index is 241. The Morgan fingerprint density at radius 1 is 1.67 bits per heavy atom. The van der Waals surface area contributed by atoms with E-state index in [1.165, 1.54) is 0 Å². The van der Waals surface area contributed by atoms with E-state index in [4.69, 9.17) is 4.74 Å². The fraction of sp³-hybridized carbons (Fsp3) is 0.727. The molecule has 1 aliphatic heterocycles. The molecule has 0 aromatic rings. The van der Waals surface area contributed by atoms with Crippen LogP contribution >= 0.6 is 0 Å². The fourth-order valence-corrected chi connectivity index (χ4v) is 1.75. The Kier molecular flexibility index (Phi) is 4.78. The number of carbonyl (C=O) groups excluding carboxylic acids is 1. The van der Waals surface area contributed by atoms with Gasteiger partial charge in [-0.25, -0.2) is 0 Å². The van der Waals surface area contributed by atoms with E-state index in [1.54, 1.807) is 0 Å². The number of hydrogen-bond acceptors (Lipinski definition) is 4. The third kappa shape index (κ3) is 3.64. The quantitative estimate of drug-likeness (QED) is 0.541. The molecule has 1 rings (SSSR count). The highest BCUT2D eigenvalue weighted by Gasteiger charge is 2.29. The molecule has 15 heavy (non-hydrogen) atoms. The summed E-state index contributed by atoms with van der Waals surface area (Å²) < 4.78 is 5.04. The standard InChI is InChI=1S/C11H20N2O2/c1-4-15-11(14)10-7-12-5-6-13(10)8-9(2)3/h10,12H,2,4-8H2,1,3H3. The molecule has 86 valence electrons. The molecule has 0 amide bonds. The van der Waals surface area contributed by atoms with Crippen LogP contribution < -0.4 is 5.32 Å². The lowest BCUT2D eigenvalue weighted by molar-refractivity contribution is -0.150. The first-order chi connectivity index (χ1) is 7.15. The Labute approximate surface area is 91.3 Å². The van der Waals surface area contributed by atoms with Crippen molar-refractivity contribution in [1.29, 1.82) is 0 Å². The van der Waals surface area contributed by atoms with Crippen LogP contribution in [0.4, 0.5) is 0 Å². The summed E-state index contributed by atoms with van der Waals surface area (Å²) in [5, 5.41) is 3.21. The molecule has 4 heteroatoms. The number of rotatable bonds is 4. The first kappa shape index (κ1) is 12.2. The van der Waals surface area contributed by atoms with Gasteiger partial charge in [0.05, 0.1) is 6.61 Å². The molecule has 1 aliphatic rings. The lowest BCUT2D eigenvalue weighted by Gasteiger charge is -2.34. The van der Waals surface area contributed by atoms with Gasteiger partial charge in [0.25, 0.3) is 0 Å². The molecular formula is C11H20N2O2. The van der Waals surface area contributed by atoms with Gasteiger partial charge in [-0.1, -0.05) is 12.2 Å². The van der Waals surface area contributed by atoms with Crippen LogP contribution in [-0.2, 0) is 9.53 Å². The molecule has 1 heterocycles. The largest absolute Gasteiger partial charge is 0.465 e. The van der Waals surface area contributed by atoms with E-state index in [9.17, 15) is 4.79 Å². The van der Waals surface area contributed by atoms with E-state index < -0.39 is 0 Å². The van der Waals surface area contributed by atoms with E-state index in [0.717, 1.165) is 25.2 Å². The van der Waals surface area contributed by atoms with Crippen molar-refractivity contribution in [3.05, 3.63) is 12.2 Å². The highest BCUT2D eigenvalue weighted by Crippen LogP contribution is 2.07. The Balaban J connectivity index is 2.56. The predicted octanol–water partition coefficient (Wildman–Crippen LogP) is 0.399. The number of piperazine rings is 1. The SMILES string of the molecule is C=C(C)CN1CCNCC1C(=O)OCC. The average molecular weight is 212 g/mol. The Morgan fingerprint density at radius 2 is 2.40 bits per heavy atom. The third-order valence-corrected chi connectivity index (χ3v) is 2.39. The molecule has 1 N–H and O–H groups in total. The van der Waals surface area contributed by atoms with Crippen LogP contribution in [0, 0.1) is 0 Å². The Morgan fingerprint density at radius 3 is 3.00 bits per heavy atom. The monoisotopic (exact) mass is 212 g/mol. The van der Waals surface area contributed by atoms with Crippen molar-refractivity contribution in [2.24, 2.45) is 0 Å². The maximum Gasteiger partial charge on any atom is 0.324 e. The molecule has 0 spiro atoms. The first-order valence-electron chi connectivity index (χ1n) is 5.41. The number of nitrogens with zero attached hydrogens (tertiary/aromatic N) is 1. The van der Waals surface area contributed by atoms with Crippen LogP contribution in [0.1, 0.15) is 13.8 Å². The molecule has 0 bridgehead atoms. The molecule has 1 fully saturated rings. The minimum absolute atomic E-state index is 0.133. The zero-order valence-corrected chi connectivity index (χ0v) is 9.58. The van der Waals surface area contributed by atoms with E-state index in [2.05, 4.69) is 16.8 Å². The van der Waals surface area contributed by atoms with Gasteiger partial charge in [-0.2, -0.15) is 0 Å². The summed E-state index contributed by atoms with van der Waals surface area (Å²) >= 11 is 0. The summed E-state index contributed by atoms with van der Waals surface area (Å²) in [5.74, 6) is -0.133. The van der Waals surface area contributed by atoms with Crippen LogP contribution in [0.3, 0.4) is 0 Å². The maximum atomic E-state index is 11.7. The zero-order valence-electron chi connectivity index (χ0n) is 9.58. The van der Waals surface area contributed by atoms with Crippen LogP contribution in [0.15, 0.2) is 12.2 Å². The molecule has 4 nitrogen and oxygen atoms in total. The maximum absolute atomic E-state index is 11.7. The van der Waals surface area contributed by atoms with Gasteiger partial charge in [0.15, 0.2) is 0 Å². The summed E-state index contributed by atoms with van der Waals surface area (Å²) in [7, 11) is 0. The van der Waals surface area contributed by atoms with Gasteiger partial charge < -0.3 is 10.1 Å². The fourth-order valence-electron chi connectivity index (χ4n) is 1.75. The van der Waals surface area contributed by atoms with Crippen molar-refractivity contribution >= 4 is 5.97 Å². The number of carbonyl (C=O) groups is 1. The van der Waals surface area contributed by atoms with E-state index in [-0.39, 0.29) is 12.0 Å². The number of hydrogen-bond donors (Lipinski definition) is 1. The van der Waals surface area contributed by atoms with Crippen molar-refractivity contribution in [3.8, 4) is 0 Å². The van der Waals surface area contributed by atoms with Gasteiger partial charge in [-0.3, -0.25) is 9.69 Å². The van der Waals surface area contributed by atoms with Crippen LogP contribution in [0.25, 0.3) is 0 Å². The van der Waals surface area contributed by atoms with Crippen molar-refractivity contribution in [3.63, 3.8) is 0 Å². The molecule has 0 radical (unpaired) electrons. The smallest absolute Gasteiger partial charge is 0.324 e. The summed E-state index contributed by atoms with van der Waals surface area (Å²) in [5.41, 5.74) is 1.08. The number of ether oxygens (including phenoxy) is 1. The predicted molar refractivity (Wildman–Crippen MR) is 59.7 cm³/mol. The number of nitrogens with one attached hydrogen (secondary N) is 1. The summed E-state index contributed by atoms with van der Waals surface area (Å²) in [4.78, 5) is 13.8. The molecule has 1 saturated heterocycles. The lowest BCUT2D eigenvalue weighted by atomic mass is 10.1. The van der Waals surface area contributed by atoms with E-state index in [1.807, 2.05) is 13.8 Å². The molecule has 0 aromatic heterocycles. The zero-order chi connectivity index (χ0) is 11.3. The molecular weight excluding hydrogens is 192 g/mol. The second kappa shape index (κ2) is 5.88. The molecule has 0 aromatic carbocycles. The normalized spacial score (nSPS) is 22.4. The van der Waals surface area contributed by atoms with Gasteiger partial charge in [0.1, 0.15) is 6.04 Å². The third-order valence-electron chi connectivity index (χ3n) is 2.39. The van der Waals surface area contributed by atoms with Crippen LogP contribution in [0.2, 0.25) is 0 Å². The minimum atomic E-state index is -0.157. The topological polar surface area (TPSA) is 41.6 Å². The highest BCUT2D eigenvalue weighted by atomic mass is 16.5. The number of esters is 1. The summed E-state index contributed by atoms with van der Waals surface area (Å²) in [6.07, 6.45) is 0. The van der Waals surface area contributed by atoms with Crippen molar-refractivity contribution in [2.75, 3.05) is 32.8 Å². The highest BCUT2D eigenvalue weighted by molar-refractivity contribution is 5.76. The average Bonchev–Trinajstić information content (AvgIpc) is 2.18. The molecule has 1 unspecified atom stereocenters. The van der Waals surface area contributed by atoms with Crippen LogP contribution in [0.5, 0.6) is 0 Å². The molecule has 1 atom stereocenters. The first-order valence-corrected chi connectivity index (χ1v) is 5.41. The van der Waals surface area contributed by atoms with E-state index >= 15 is 0 Å². The van der Waals surface area contributed by atoms with Crippen molar-refractivity contribution < 1.29 is 9.53 Å². The van der Waals surface area contributed by atoms with Crippen LogP contribution in [-0.4, -0.2) is 49.7 Å². The molecule has 0 aliphatic carbocycles. The minimum Gasteiger partial charge on any atom is -0.465 e. The van der Waals surface area contributed by atoms with E-state index in [0.29, 0.717) is 13.2 Å². The van der Waals surface area contributed by atoms with Gasteiger partial charge in [-0.05, 0) is 13.8 Å². The summed E-state index contributed by atoms with van der Waals surface area (Å²) in [6.45, 7) is 11.4. The van der Waals surface area contributed by atoms with Crippen molar-refractivity contribution in [2.45, 2.75) is 19.9 Å². The van der Waals surface area contributed by atoms with Gasteiger partial charge >= 0.3 is 5.97 Å². The summed E-state index contributed by atoms with van der Waals surface area (Å²) in [6, 6.07) is -0.157.